The Kier molecular flexibility index (Phi) is 1.38. The number of rotatable bonds is 0. The lowest BCUT2D eigenvalue weighted by atomic mass is 9.73. The number of ether oxygens (including phenoxy) is 1. The van der Waals surface area contributed by atoms with Gasteiger partial charge in [0.25, 0.3) is 0 Å². The highest BCUT2D eigenvalue weighted by molar-refractivity contribution is 7.89. The van der Waals surface area contributed by atoms with Crippen LogP contribution in [0, 0.1) is 11.8 Å². The molecule has 5 heteroatoms. The fourth-order valence-corrected chi connectivity index (χ4v) is 5.25. The predicted octanol–water partition coefficient (Wildman–Crippen LogP) is 0.152. The molecule has 0 N–H and O–H groups in total. The van der Waals surface area contributed by atoms with Crippen molar-refractivity contribution in [3.8, 4) is 0 Å². The minimum Gasteiger partial charge on any atom is -0.393 e. The van der Waals surface area contributed by atoms with Crippen molar-refractivity contribution in [1.82, 2.24) is 0 Å². The van der Waals surface area contributed by atoms with Gasteiger partial charge in [0.1, 0.15) is 0 Å². The molecule has 2 fully saturated rings. The molecule has 0 amide bonds. The third kappa shape index (κ3) is 0.748. The normalized spacial score (nSPS) is 56.0. The van der Waals surface area contributed by atoms with Gasteiger partial charge in [-0.3, -0.25) is 13.8 Å². The van der Waals surface area contributed by atoms with Crippen LogP contribution in [-0.2, 0) is 25.1 Å². The second-order valence-electron chi connectivity index (χ2n) is 4.67. The van der Waals surface area contributed by atoms with Crippen LogP contribution in [0.15, 0.2) is 12.2 Å². The molecule has 0 saturated carbocycles. The van der Waals surface area contributed by atoms with E-state index in [-0.39, 0.29) is 0 Å². The zero-order valence-corrected chi connectivity index (χ0v) is 9.17. The number of fused-ring (bicyclic) bond motifs is 5. The molecule has 4 unspecified atom stereocenters. The Balaban J connectivity index is 2.26. The average molecular weight is 226 g/mol. The van der Waals surface area contributed by atoms with Gasteiger partial charge in [0.15, 0.2) is 0 Å². The molecule has 3 heterocycles. The molecule has 0 aromatic heterocycles. The molecule has 4 nitrogen and oxygen atoms in total. The summed E-state index contributed by atoms with van der Waals surface area (Å²) in [5.74, 6) is -2.15. The van der Waals surface area contributed by atoms with E-state index < -0.39 is 44.1 Å². The van der Waals surface area contributed by atoms with Crippen LogP contribution in [0.1, 0.15) is 13.8 Å². The molecule has 3 aliphatic rings. The Hall–Kier alpha value is -0.970. The summed E-state index contributed by atoms with van der Waals surface area (Å²) in [6, 6.07) is 0. The molecule has 2 saturated heterocycles. The molecule has 0 aliphatic carbocycles. The quantitative estimate of drug-likeness (QED) is 0.335. The van der Waals surface area contributed by atoms with E-state index in [0.29, 0.717) is 0 Å². The van der Waals surface area contributed by atoms with E-state index in [1.54, 1.807) is 26.0 Å². The van der Waals surface area contributed by atoms with Crippen LogP contribution >= 0.6 is 0 Å². The second kappa shape index (κ2) is 2.24. The van der Waals surface area contributed by atoms with Crippen LogP contribution in [0.3, 0.4) is 0 Å². The highest BCUT2D eigenvalue weighted by Gasteiger charge is 2.73. The lowest BCUT2D eigenvalue weighted by Gasteiger charge is -2.22. The zero-order chi connectivity index (χ0) is 11.0. The van der Waals surface area contributed by atoms with E-state index in [1.807, 2.05) is 0 Å². The van der Waals surface area contributed by atoms with Crippen molar-refractivity contribution in [3.05, 3.63) is 12.2 Å². The summed E-state index contributed by atoms with van der Waals surface area (Å²) < 4.78 is 15.4. The van der Waals surface area contributed by atoms with Gasteiger partial charge < -0.3 is 4.74 Å². The van der Waals surface area contributed by atoms with Gasteiger partial charge in [0.2, 0.25) is 0 Å². The molecule has 80 valence electrons. The Labute approximate surface area is 89.1 Å². The smallest absolute Gasteiger partial charge is 0.319 e. The topological polar surface area (TPSA) is 60.4 Å². The fourth-order valence-electron chi connectivity index (χ4n) is 2.99. The highest BCUT2D eigenvalue weighted by atomic mass is 32.2. The lowest BCUT2D eigenvalue weighted by Crippen LogP contribution is -2.36. The summed E-state index contributed by atoms with van der Waals surface area (Å²) in [5.41, 5.74) is 0. The van der Waals surface area contributed by atoms with E-state index in [2.05, 4.69) is 4.74 Å². The number of cyclic esters (lactones) is 2. The van der Waals surface area contributed by atoms with Crippen molar-refractivity contribution in [2.24, 2.45) is 11.8 Å². The molecule has 4 atom stereocenters. The Bertz CT molecular complexity index is 416. The maximum absolute atomic E-state index is 12.2. The van der Waals surface area contributed by atoms with Crippen molar-refractivity contribution in [3.63, 3.8) is 0 Å². The van der Waals surface area contributed by atoms with Gasteiger partial charge >= 0.3 is 11.9 Å². The number of hydrogen-bond acceptors (Lipinski definition) is 4. The number of carbonyl (C=O) groups excluding carboxylic acids is 2. The number of hydrogen-bond donors (Lipinski definition) is 0. The zero-order valence-electron chi connectivity index (χ0n) is 8.35. The molecule has 0 aromatic carbocycles. The fraction of sp³-hybridized carbons (Fsp3) is 0.600. The van der Waals surface area contributed by atoms with Gasteiger partial charge in [-0.25, -0.2) is 0 Å². The van der Waals surface area contributed by atoms with E-state index >= 15 is 0 Å². The molecule has 0 spiro atoms. The minimum atomic E-state index is -1.22. The minimum absolute atomic E-state index is 0.520. The molecule has 0 aromatic rings. The maximum Gasteiger partial charge on any atom is 0.319 e. The third-order valence-corrected chi connectivity index (χ3v) is 6.20. The summed E-state index contributed by atoms with van der Waals surface area (Å²) in [4.78, 5) is 23.1. The maximum atomic E-state index is 12.2. The summed E-state index contributed by atoms with van der Waals surface area (Å²) in [7, 11) is -1.22. The van der Waals surface area contributed by atoms with Crippen LogP contribution in [0.5, 0.6) is 0 Å². The van der Waals surface area contributed by atoms with Crippen molar-refractivity contribution >= 4 is 22.7 Å². The SMILES string of the molecule is CC12C=CC(C)(C3C(=O)OC(=O)C31)S2=O. The van der Waals surface area contributed by atoms with Gasteiger partial charge in [0.05, 0.1) is 21.3 Å². The summed E-state index contributed by atoms with van der Waals surface area (Å²) >= 11 is 0. The molecule has 3 aliphatic heterocycles. The number of carbonyl (C=O) groups is 2. The Morgan fingerprint density at radius 2 is 1.53 bits per heavy atom. The largest absolute Gasteiger partial charge is 0.393 e. The van der Waals surface area contributed by atoms with E-state index in [4.69, 9.17) is 0 Å². The standard InChI is InChI=1S/C10H10O4S/c1-9-3-4-10(2,15(9)13)6-5(9)7(11)14-8(6)12/h3-6H,1-2H3. The summed E-state index contributed by atoms with van der Waals surface area (Å²) in [5, 5.41) is 0. The summed E-state index contributed by atoms with van der Waals surface area (Å²) in [6.45, 7) is 3.52. The molecular weight excluding hydrogens is 216 g/mol. The highest BCUT2D eigenvalue weighted by Crippen LogP contribution is 2.58. The summed E-state index contributed by atoms with van der Waals surface area (Å²) in [6.07, 6.45) is 3.59. The predicted molar refractivity (Wildman–Crippen MR) is 52.2 cm³/mol. The first kappa shape index (κ1) is 9.27. The molecular formula is C10H10O4S. The molecule has 0 radical (unpaired) electrons. The van der Waals surface area contributed by atoms with Crippen molar-refractivity contribution < 1.29 is 18.5 Å². The van der Waals surface area contributed by atoms with Gasteiger partial charge in [-0.15, -0.1) is 0 Å². The van der Waals surface area contributed by atoms with Gasteiger partial charge in [-0.05, 0) is 13.8 Å². The van der Waals surface area contributed by atoms with Crippen molar-refractivity contribution in [2.75, 3.05) is 0 Å². The van der Waals surface area contributed by atoms with Crippen LogP contribution in [0.25, 0.3) is 0 Å². The van der Waals surface area contributed by atoms with E-state index in [9.17, 15) is 13.8 Å². The average Bonchev–Trinajstić information content (AvgIpc) is 2.64. The Morgan fingerprint density at radius 3 is 1.93 bits per heavy atom. The van der Waals surface area contributed by atoms with Gasteiger partial charge in [-0.1, -0.05) is 12.2 Å². The first-order valence-corrected chi connectivity index (χ1v) is 5.94. The molecule has 2 bridgehead atoms. The first-order valence-electron chi connectivity index (χ1n) is 4.79. The van der Waals surface area contributed by atoms with E-state index in [0.717, 1.165) is 0 Å². The van der Waals surface area contributed by atoms with Crippen molar-refractivity contribution in [2.45, 2.75) is 23.3 Å². The molecule has 15 heavy (non-hydrogen) atoms. The third-order valence-electron chi connectivity index (χ3n) is 3.82. The van der Waals surface area contributed by atoms with Gasteiger partial charge in [0, 0.05) is 10.8 Å². The second-order valence-corrected chi connectivity index (χ2v) is 6.96. The monoisotopic (exact) mass is 226 g/mol. The van der Waals surface area contributed by atoms with Crippen LogP contribution < -0.4 is 0 Å². The van der Waals surface area contributed by atoms with Gasteiger partial charge in [-0.2, -0.15) is 0 Å². The Morgan fingerprint density at radius 1 is 1.13 bits per heavy atom. The number of esters is 2. The van der Waals surface area contributed by atoms with Crippen LogP contribution in [0.2, 0.25) is 0 Å². The van der Waals surface area contributed by atoms with Crippen LogP contribution in [-0.4, -0.2) is 25.6 Å². The molecule has 3 rings (SSSR count). The van der Waals surface area contributed by atoms with Crippen LogP contribution in [0.4, 0.5) is 0 Å². The van der Waals surface area contributed by atoms with Crippen molar-refractivity contribution in [1.29, 1.82) is 0 Å². The first-order chi connectivity index (χ1) is 6.91. The van der Waals surface area contributed by atoms with E-state index in [1.165, 1.54) is 0 Å². The lowest BCUT2D eigenvalue weighted by molar-refractivity contribution is -0.154.